The predicted octanol–water partition coefficient (Wildman–Crippen LogP) is -1.04. The number of nitrogens with zero attached hydrogens (tertiary/aromatic N) is 2. The van der Waals surface area contributed by atoms with Crippen molar-refractivity contribution in [2.24, 2.45) is 0 Å². The molecule has 1 aromatic heterocycles. The Bertz CT molecular complexity index is 217. The Morgan fingerprint density at radius 2 is 2.18 bits per heavy atom. The molecule has 0 aliphatic carbocycles. The monoisotopic (exact) mass is 162 g/mol. The molecule has 0 saturated carbocycles. The van der Waals surface area contributed by atoms with Crippen LogP contribution in [0.3, 0.4) is 0 Å². The third-order valence-electron chi connectivity index (χ3n) is 1.12. The van der Waals surface area contributed by atoms with E-state index in [0.29, 0.717) is 4.68 Å². The highest BCUT2D eigenvalue weighted by atomic mass is 19.3. The van der Waals surface area contributed by atoms with Gasteiger partial charge in [0.1, 0.15) is 0 Å². The van der Waals surface area contributed by atoms with Gasteiger partial charge in [0.05, 0.1) is 0 Å². The normalized spacial score (nSPS) is 10.6. The minimum Gasteiger partial charge on any atom is -0.423 e. The minimum absolute atomic E-state index is 0.0506. The first kappa shape index (κ1) is 8.15. The Labute approximate surface area is 61.2 Å². The van der Waals surface area contributed by atoms with E-state index in [2.05, 4.69) is 5.10 Å². The smallest absolute Gasteiger partial charge is 0.423 e. The van der Waals surface area contributed by atoms with Crippen LogP contribution in [0.4, 0.5) is 8.78 Å². The maximum atomic E-state index is 11.8. The van der Waals surface area contributed by atoms with E-state index in [4.69, 9.17) is 10.0 Å². The fraction of sp³-hybridized carbons (Fsp3) is 0.250. The van der Waals surface area contributed by atoms with Gasteiger partial charge >= 0.3 is 13.7 Å². The SMILES string of the molecule is OB(O)c1cnn(C(F)F)c1. The van der Waals surface area contributed by atoms with Crippen LogP contribution in [0.5, 0.6) is 0 Å². The van der Waals surface area contributed by atoms with E-state index < -0.39 is 13.7 Å². The standard InChI is InChI=1S/C4H5BF2N2O2/c6-4(7)9-2-3(1-8-9)5(10)11/h1-2,4,10-11H. The van der Waals surface area contributed by atoms with Crippen molar-refractivity contribution in [2.45, 2.75) is 6.55 Å². The van der Waals surface area contributed by atoms with Crippen molar-refractivity contribution >= 4 is 12.6 Å². The number of hydrogen-bond donors (Lipinski definition) is 2. The van der Waals surface area contributed by atoms with Gasteiger partial charge in [-0.05, 0) is 0 Å². The molecule has 60 valence electrons. The average Bonchev–Trinajstić information content (AvgIpc) is 2.33. The number of halogens is 2. The fourth-order valence-corrected chi connectivity index (χ4v) is 0.593. The van der Waals surface area contributed by atoms with Gasteiger partial charge in [-0.3, -0.25) is 0 Å². The molecule has 7 heteroatoms. The van der Waals surface area contributed by atoms with Crippen LogP contribution in [0.2, 0.25) is 0 Å². The molecule has 0 aromatic carbocycles. The summed E-state index contributed by atoms with van der Waals surface area (Å²) in [7, 11) is -1.75. The van der Waals surface area contributed by atoms with Gasteiger partial charge in [-0.25, -0.2) is 4.68 Å². The van der Waals surface area contributed by atoms with Crippen LogP contribution in [0.15, 0.2) is 12.4 Å². The van der Waals surface area contributed by atoms with Gasteiger partial charge in [0.2, 0.25) is 0 Å². The van der Waals surface area contributed by atoms with Crippen LogP contribution >= 0.6 is 0 Å². The maximum Gasteiger partial charge on any atom is 0.491 e. The summed E-state index contributed by atoms with van der Waals surface area (Å²) in [4.78, 5) is 0. The molecule has 0 aliphatic rings. The molecule has 0 fully saturated rings. The number of hydrogen-bond acceptors (Lipinski definition) is 3. The highest BCUT2D eigenvalue weighted by molar-refractivity contribution is 6.58. The van der Waals surface area contributed by atoms with Gasteiger partial charge in [-0.2, -0.15) is 13.9 Å². The molecule has 0 atom stereocenters. The first-order valence-electron chi connectivity index (χ1n) is 2.79. The summed E-state index contributed by atoms with van der Waals surface area (Å²) in [6.07, 6.45) is 1.84. The van der Waals surface area contributed by atoms with Crippen LogP contribution in [0, 0.1) is 0 Å². The van der Waals surface area contributed by atoms with Crippen molar-refractivity contribution in [3.8, 4) is 0 Å². The molecule has 0 bridgehead atoms. The average molecular weight is 162 g/mol. The highest BCUT2D eigenvalue weighted by Gasteiger charge is 2.15. The summed E-state index contributed by atoms with van der Waals surface area (Å²) in [5.41, 5.74) is -0.0506. The zero-order chi connectivity index (χ0) is 8.43. The third kappa shape index (κ3) is 1.75. The molecule has 1 aromatic rings. The van der Waals surface area contributed by atoms with Crippen molar-refractivity contribution < 1.29 is 18.8 Å². The lowest BCUT2D eigenvalue weighted by Gasteiger charge is -1.95. The highest BCUT2D eigenvalue weighted by Crippen LogP contribution is 2.04. The van der Waals surface area contributed by atoms with E-state index in [1.54, 1.807) is 0 Å². The summed E-state index contributed by atoms with van der Waals surface area (Å²) in [6, 6.07) is 0. The third-order valence-corrected chi connectivity index (χ3v) is 1.12. The summed E-state index contributed by atoms with van der Waals surface area (Å²) >= 11 is 0. The van der Waals surface area contributed by atoms with Crippen LogP contribution < -0.4 is 5.46 Å². The van der Waals surface area contributed by atoms with Crippen LogP contribution in [-0.4, -0.2) is 26.9 Å². The Kier molecular flexibility index (Phi) is 2.20. The summed E-state index contributed by atoms with van der Waals surface area (Å²) < 4.78 is 23.9. The van der Waals surface area contributed by atoms with Gasteiger partial charge in [0, 0.05) is 17.9 Å². The lowest BCUT2D eigenvalue weighted by molar-refractivity contribution is 0.0567. The Hall–Kier alpha value is -0.945. The second kappa shape index (κ2) is 2.97. The quantitative estimate of drug-likeness (QED) is 0.546. The molecular formula is C4H5BF2N2O2. The Morgan fingerprint density at radius 1 is 1.55 bits per heavy atom. The molecular weight excluding hydrogens is 157 g/mol. The van der Waals surface area contributed by atoms with Gasteiger partial charge in [-0.15, -0.1) is 0 Å². The molecule has 0 saturated heterocycles. The molecule has 1 rings (SSSR count). The van der Waals surface area contributed by atoms with Crippen LogP contribution in [-0.2, 0) is 0 Å². The number of alkyl halides is 2. The van der Waals surface area contributed by atoms with E-state index in [-0.39, 0.29) is 5.46 Å². The lowest BCUT2D eigenvalue weighted by atomic mass is 9.83. The van der Waals surface area contributed by atoms with Crippen molar-refractivity contribution in [1.29, 1.82) is 0 Å². The zero-order valence-corrected chi connectivity index (χ0v) is 5.35. The zero-order valence-electron chi connectivity index (χ0n) is 5.35. The number of rotatable bonds is 2. The van der Waals surface area contributed by atoms with E-state index in [1.165, 1.54) is 0 Å². The second-order valence-electron chi connectivity index (χ2n) is 1.91. The van der Waals surface area contributed by atoms with Gasteiger partial charge in [-0.1, -0.05) is 0 Å². The lowest BCUT2D eigenvalue weighted by Crippen LogP contribution is -2.28. The Balaban J connectivity index is 2.82. The first-order chi connectivity index (χ1) is 5.11. The molecule has 0 radical (unpaired) electrons. The van der Waals surface area contributed by atoms with Crippen molar-refractivity contribution in [1.82, 2.24) is 9.78 Å². The van der Waals surface area contributed by atoms with Crippen molar-refractivity contribution in [3.05, 3.63) is 12.4 Å². The fourth-order valence-electron chi connectivity index (χ4n) is 0.593. The summed E-state index contributed by atoms with van der Waals surface area (Å²) in [5, 5.41) is 20.1. The molecule has 0 spiro atoms. The molecule has 1 heterocycles. The van der Waals surface area contributed by atoms with Crippen molar-refractivity contribution in [2.75, 3.05) is 0 Å². The van der Waals surface area contributed by atoms with Gasteiger partial charge < -0.3 is 10.0 Å². The van der Waals surface area contributed by atoms with E-state index in [9.17, 15) is 8.78 Å². The predicted molar refractivity (Wildman–Crippen MR) is 33.3 cm³/mol. The number of aromatic nitrogens is 2. The molecule has 0 unspecified atom stereocenters. The van der Waals surface area contributed by atoms with Crippen LogP contribution in [0.25, 0.3) is 0 Å². The summed E-state index contributed by atoms with van der Waals surface area (Å²) in [5.74, 6) is 0. The van der Waals surface area contributed by atoms with E-state index in [0.717, 1.165) is 12.4 Å². The minimum atomic E-state index is -2.75. The topological polar surface area (TPSA) is 58.3 Å². The first-order valence-corrected chi connectivity index (χ1v) is 2.79. The molecule has 0 amide bonds. The van der Waals surface area contributed by atoms with Gasteiger partial charge in [0.25, 0.3) is 0 Å². The van der Waals surface area contributed by atoms with Gasteiger partial charge in [0.15, 0.2) is 0 Å². The van der Waals surface area contributed by atoms with E-state index in [1.807, 2.05) is 0 Å². The van der Waals surface area contributed by atoms with Crippen LogP contribution in [0.1, 0.15) is 6.55 Å². The molecule has 11 heavy (non-hydrogen) atoms. The van der Waals surface area contributed by atoms with Crippen molar-refractivity contribution in [3.63, 3.8) is 0 Å². The summed E-state index contributed by atoms with van der Waals surface area (Å²) in [6.45, 7) is -2.75. The maximum absolute atomic E-state index is 11.8. The van der Waals surface area contributed by atoms with E-state index >= 15 is 0 Å². The molecule has 2 N–H and O–H groups in total. The largest absolute Gasteiger partial charge is 0.491 e. The molecule has 0 aliphatic heterocycles. The Morgan fingerprint density at radius 3 is 2.45 bits per heavy atom. The second-order valence-corrected chi connectivity index (χ2v) is 1.91. The molecule has 4 nitrogen and oxygen atoms in total.